The molecule has 2 aromatic carbocycles. The van der Waals surface area contributed by atoms with Gasteiger partial charge in [-0.25, -0.2) is 0 Å². The van der Waals surface area contributed by atoms with Gasteiger partial charge in [0.25, 0.3) is 5.91 Å². The van der Waals surface area contributed by atoms with E-state index in [0.29, 0.717) is 47.4 Å². The average Bonchev–Trinajstić information content (AvgIpc) is 2.84. The molecule has 36 heavy (non-hydrogen) atoms. The third kappa shape index (κ3) is 4.89. The highest BCUT2D eigenvalue weighted by molar-refractivity contribution is 6.37. The van der Waals surface area contributed by atoms with Crippen molar-refractivity contribution in [1.29, 1.82) is 0 Å². The second-order valence-corrected chi connectivity index (χ2v) is 10.8. The van der Waals surface area contributed by atoms with Crippen molar-refractivity contribution in [3.63, 3.8) is 0 Å². The molecule has 2 aromatic rings. The van der Waals surface area contributed by atoms with E-state index in [1.54, 1.807) is 24.3 Å². The summed E-state index contributed by atoms with van der Waals surface area (Å²) in [7, 11) is 0. The highest BCUT2D eigenvalue weighted by Crippen LogP contribution is 2.41. The van der Waals surface area contributed by atoms with E-state index < -0.39 is 24.0 Å². The Hall–Kier alpha value is -2.48. The minimum Gasteiger partial charge on any atom is -0.489 e. The summed E-state index contributed by atoms with van der Waals surface area (Å²) < 4.78 is 44.8. The molecule has 5 nitrogen and oxygen atoms in total. The second kappa shape index (κ2) is 9.77. The monoisotopic (exact) mass is 523 g/mol. The average molecular weight is 524 g/mol. The Morgan fingerprint density at radius 3 is 2.25 bits per heavy atom. The molecule has 2 heterocycles. The zero-order chi connectivity index (χ0) is 25.6. The van der Waals surface area contributed by atoms with E-state index in [0.717, 1.165) is 24.6 Å². The molecule has 3 aliphatic rings. The summed E-state index contributed by atoms with van der Waals surface area (Å²) in [4.78, 5) is 26.9. The Balaban J connectivity index is 1.31. The minimum atomic E-state index is -4.16. The van der Waals surface area contributed by atoms with Crippen LogP contribution in [0.25, 0.3) is 10.8 Å². The smallest absolute Gasteiger partial charge is 0.391 e. The van der Waals surface area contributed by atoms with Crippen LogP contribution >= 0.6 is 11.6 Å². The maximum atomic E-state index is 13.5. The van der Waals surface area contributed by atoms with Crippen molar-refractivity contribution < 1.29 is 32.6 Å². The van der Waals surface area contributed by atoms with Gasteiger partial charge in [-0.05, 0) is 81.4 Å². The van der Waals surface area contributed by atoms with E-state index >= 15 is 0 Å². The topological polar surface area (TPSA) is 66.8 Å². The molecule has 1 amide bonds. The molecule has 9 heteroatoms. The first-order chi connectivity index (χ1) is 17.1. The van der Waals surface area contributed by atoms with Crippen LogP contribution in [0.1, 0.15) is 68.1 Å². The number of piperidine rings is 2. The Morgan fingerprint density at radius 2 is 1.64 bits per heavy atom. The van der Waals surface area contributed by atoms with Crippen molar-refractivity contribution in [2.24, 2.45) is 11.8 Å². The molecule has 2 bridgehead atoms. The number of rotatable bonds is 4. The molecule has 0 aromatic heterocycles. The van der Waals surface area contributed by atoms with Crippen molar-refractivity contribution >= 4 is 34.2 Å². The van der Waals surface area contributed by atoms with Gasteiger partial charge in [0, 0.05) is 23.0 Å². The molecular weight excluding hydrogens is 495 g/mol. The first kappa shape index (κ1) is 25.2. The van der Waals surface area contributed by atoms with Crippen LogP contribution in [-0.4, -0.2) is 46.2 Å². The molecule has 2 atom stereocenters. The lowest BCUT2D eigenvalue weighted by molar-refractivity contribution is -0.185. The fourth-order valence-corrected chi connectivity index (χ4v) is 6.53. The largest absolute Gasteiger partial charge is 0.489 e. The number of carbonyl (C=O) groups excluding carboxylic acids is 1. The van der Waals surface area contributed by atoms with Gasteiger partial charge < -0.3 is 14.7 Å². The number of ether oxygens (including phenoxy) is 1. The fraction of sp³-hybridized carbons (Fsp3) is 0.556. The normalized spacial score (nSPS) is 28.7. The van der Waals surface area contributed by atoms with Gasteiger partial charge in [0.1, 0.15) is 5.75 Å². The maximum absolute atomic E-state index is 13.5. The number of carboxylic acid groups (broad SMARTS) is 1. The lowest BCUT2D eigenvalue weighted by atomic mass is 9.78. The molecule has 1 saturated carbocycles. The lowest BCUT2D eigenvalue weighted by Gasteiger charge is -2.48. The van der Waals surface area contributed by atoms with E-state index in [2.05, 4.69) is 0 Å². The number of hydrogen-bond donors (Lipinski definition) is 1. The first-order valence-electron chi connectivity index (χ1n) is 12.6. The van der Waals surface area contributed by atoms with Crippen LogP contribution in [0.2, 0.25) is 5.02 Å². The number of amides is 1. The van der Waals surface area contributed by atoms with Crippen LogP contribution in [0.15, 0.2) is 30.3 Å². The van der Waals surface area contributed by atoms with Crippen molar-refractivity contribution in [3.8, 4) is 5.75 Å². The number of carbonyl (C=O) groups is 2. The maximum Gasteiger partial charge on any atom is 0.391 e. The van der Waals surface area contributed by atoms with Crippen molar-refractivity contribution in [2.75, 3.05) is 0 Å². The van der Waals surface area contributed by atoms with E-state index in [1.807, 2.05) is 11.0 Å². The van der Waals surface area contributed by atoms with Gasteiger partial charge in [-0.3, -0.25) is 9.59 Å². The zero-order valence-corrected chi connectivity index (χ0v) is 20.5. The van der Waals surface area contributed by atoms with Crippen LogP contribution in [0, 0.1) is 11.8 Å². The molecule has 2 saturated heterocycles. The molecule has 0 radical (unpaired) electrons. The Bertz CT molecular complexity index is 1150. The molecule has 1 aliphatic carbocycles. The molecular formula is C27H29ClF3NO4. The summed E-state index contributed by atoms with van der Waals surface area (Å²) in [6, 6.07) is 8.70. The lowest BCUT2D eigenvalue weighted by Crippen LogP contribution is -2.55. The quantitative estimate of drug-likeness (QED) is 0.476. The Labute approximate surface area is 212 Å². The number of alkyl halides is 3. The van der Waals surface area contributed by atoms with E-state index in [9.17, 15) is 27.9 Å². The number of nitrogens with zero attached hydrogens (tertiary/aromatic N) is 1. The van der Waals surface area contributed by atoms with E-state index in [-0.39, 0.29) is 36.9 Å². The molecule has 0 spiro atoms. The summed E-state index contributed by atoms with van der Waals surface area (Å²) in [5, 5.41) is 11.3. The number of halogens is 4. The zero-order valence-electron chi connectivity index (χ0n) is 19.8. The second-order valence-electron chi connectivity index (χ2n) is 10.4. The summed E-state index contributed by atoms with van der Waals surface area (Å²) in [6.07, 6.45) is -0.107. The van der Waals surface area contributed by atoms with Crippen LogP contribution in [0.5, 0.6) is 5.75 Å². The summed E-state index contributed by atoms with van der Waals surface area (Å²) >= 11 is 6.61. The van der Waals surface area contributed by atoms with Crippen molar-refractivity contribution in [2.45, 2.75) is 82.2 Å². The van der Waals surface area contributed by atoms with Gasteiger partial charge in [0.15, 0.2) is 0 Å². The van der Waals surface area contributed by atoms with Crippen LogP contribution in [0.3, 0.4) is 0 Å². The van der Waals surface area contributed by atoms with Crippen molar-refractivity contribution in [3.05, 3.63) is 40.9 Å². The van der Waals surface area contributed by atoms with Gasteiger partial charge in [0.2, 0.25) is 0 Å². The number of hydrogen-bond acceptors (Lipinski definition) is 3. The van der Waals surface area contributed by atoms with E-state index in [4.69, 9.17) is 16.3 Å². The van der Waals surface area contributed by atoms with Crippen LogP contribution in [0.4, 0.5) is 13.2 Å². The van der Waals surface area contributed by atoms with Crippen LogP contribution < -0.4 is 4.74 Å². The predicted molar refractivity (Wildman–Crippen MR) is 129 cm³/mol. The number of aliphatic carboxylic acids is 1. The highest BCUT2D eigenvalue weighted by atomic mass is 35.5. The fourth-order valence-electron chi connectivity index (χ4n) is 6.25. The Kier molecular flexibility index (Phi) is 6.83. The van der Waals surface area contributed by atoms with Gasteiger partial charge in [-0.2, -0.15) is 13.2 Å². The number of fused-ring (bicyclic) bond motifs is 3. The summed E-state index contributed by atoms with van der Waals surface area (Å²) in [5.74, 6) is -2.11. The van der Waals surface area contributed by atoms with Gasteiger partial charge in [-0.15, -0.1) is 0 Å². The number of benzene rings is 2. The van der Waals surface area contributed by atoms with Crippen molar-refractivity contribution in [1.82, 2.24) is 4.90 Å². The molecule has 194 valence electrons. The SMILES string of the molecule is O=C(O)C1CC2CCCC(C1)N2C(=O)c1ccc2c(Cl)c(OC3CCC(C(F)(F)F)CC3)ccc2c1. The molecule has 1 N–H and O–H groups in total. The first-order valence-corrected chi connectivity index (χ1v) is 13.0. The predicted octanol–water partition coefficient (Wildman–Crippen LogP) is 6.85. The molecule has 2 unspecified atom stereocenters. The van der Waals surface area contributed by atoms with Crippen LogP contribution in [-0.2, 0) is 4.79 Å². The standard InChI is InChI=1S/C27H29ClF3NO4/c28-24-22-10-4-16(25(33)32-19-2-1-3-20(32)14-17(13-19)26(34)35)12-15(22)5-11-23(24)36-21-8-6-18(7-9-21)27(29,30)31/h4-5,10-12,17-21H,1-3,6-9,13-14H2,(H,34,35). The highest BCUT2D eigenvalue weighted by Gasteiger charge is 2.43. The molecule has 3 fully saturated rings. The third-order valence-corrected chi connectivity index (χ3v) is 8.54. The minimum absolute atomic E-state index is 0.0521. The van der Waals surface area contributed by atoms with Gasteiger partial charge in [0.05, 0.1) is 23.0 Å². The third-order valence-electron chi connectivity index (χ3n) is 8.15. The Morgan fingerprint density at radius 1 is 0.972 bits per heavy atom. The number of carboxylic acids is 1. The van der Waals surface area contributed by atoms with E-state index in [1.165, 1.54) is 0 Å². The summed E-state index contributed by atoms with van der Waals surface area (Å²) in [5.41, 5.74) is 0.531. The molecule has 2 aliphatic heterocycles. The molecule has 5 rings (SSSR count). The van der Waals surface area contributed by atoms with Gasteiger partial charge in [-0.1, -0.05) is 23.7 Å². The summed E-state index contributed by atoms with van der Waals surface area (Å²) in [6.45, 7) is 0. The van der Waals surface area contributed by atoms with Gasteiger partial charge >= 0.3 is 12.1 Å².